The summed E-state index contributed by atoms with van der Waals surface area (Å²) in [5.41, 5.74) is 1.42. The molecule has 1 atom stereocenters. The number of hydrogen-bond acceptors (Lipinski definition) is 5. The number of halogens is 1. The van der Waals surface area contributed by atoms with Gasteiger partial charge in [-0.25, -0.2) is 0 Å². The maximum Gasteiger partial charge on any atom is 0.296 e. The lowest BCUT2D eigenvalue weighted by Crippen LogP contribution is -2.16. The van der Waals surface area contributed by atoms with Crippen LogP contribution in [0.1, 0.15) is 29.3 Å². The molecule has 1 aromatic heterocycles. The number of hydrogen-bond donors (Lipinski definition) is 2. The third kappa shape index (κ3) is 2.82. The molecule has 0 bridgehead atoms. The lowest BCUT2D eigenvalue weighted by atomic mass is 9.94. The Labute approximate surface area is 130 Å². The molecular weight excluding hydrogens is 312 g/mol. The fourth-order valence-corrected chi connectivity index (χ4v) is 4.04. The van der Waals surface area contributed by atoms with Crippen LogP contribution in [-0.2, 0) is 6.42 Å². The van der Waals surface area contributed by atoms with Gasteiger partial charge in [0.15, 0.2) is 0 Å². The normalized spacial score (nSPS) is 17.3. The summed E-state index contributed by atoms with van der Waals surface area (Å²) in [4.78, 5) is 11.8. The van der Waals surface area contributed by atoms with Crippen molar-refractivity contribution in [3.05, 3.63) is 49.2 Å². The Bertz CT molecular complexity index is 702. The van der Waals surface area contributed by atoms with Gasteiger partial charge in [-0.15, -0.1) is 11.3 Å². The molecular formula is C14H13ClN2O3S. The van der Waals surface area contributed by atoms with Crippen LogP contribution in [0.25, 0.3) is 0 Å². The number of thiophene rings is 1. The van der Waals surface area contributed by atoms with Crippen molar-refractivity contribution in [2.75, 3.05) is 5.32 Å². The lowest BCUT2D eigenvalue weighted by molar-refractivity contribution is -0.384. The summed E-state index contributed by atoms with van der Waals surface area (Å²) in [7, 11) is 0. The first-order valence-electron chi connectivity index (χ1n) is 6.56. The van der Waals surface area contributed by atoms with Crippen LogP contribution in [0.3, 0.4) is 0 Å². The minimum Gasteiger partial charge on any atom is -0.508 e. The number of phenols is 1. The molecule has 2 aromatic rings. The maximum absolute atomic E-state index is 11.1. The second kappa shape index (κ2) is 5.54. The van der Waals surface area contributed by atoms with Crippen LogP contribution in [0.2, 0.25) is 4.34 Å². The summed E-state index contributed by atoms with van der Waals surface area (Å²) < 4.78 is 0.744. The fraction of sp³-hybridized carbons (Fsp3) is 0.286. The number of phenolic OH excluding ortho intramolecular Hbond substituents is 1. The molecule has 3 rings (SSSR count). The predicted molar refractivity (Wildman–Crippen MR) is 83.4 cm³/mol. The van der Waals surface area contributed by atoms with E-state index in [9.17, 15) is 15.2 Å². The van der Waals surface area contributed by atoms with Crippen LogP contribution in [0.15, 0.2) is 24.3 Å². The number of nitro groups is 1. The highest BCUT2D eigenvalue weighted by Crippen LogP contribution is 2.41. The standard InChI is InChI=1S/C14H13ClN2O3S/c15-14-7-9-10(2-1-3-13(9)21-14)16-11-5-4-8(18)6-12(11)17(19)20/h4-7,10,16,18H,1-3H2. The molecule has 7 heteroatoms. The van der Waals surface area contributed by atoms with E-state index >= 15 is 0 Å². The van der Waals surface area contributed by atoms with Crippen LogP contribution in [-0.4, -0.2) is 10.0 Å². The zero-order valence-electron chi connectivity index (χ0n) is 11.0. The molecule has 110 valence electrons. The highest BCUT2D eigenvalue weighted by Gasteiger charge is 2.25. The molecule has 0 fully saturated rings. The van der Waals surface area contributed by atoms with Gasteiger partial charge in [-0.1, -0.05) is 11.6 Å². The van der Waals surface area contributed by atoms with Gasteiger partial charge in [0.25, 0.3) is 5.69 Å². The minimum absolute atomic E-state index is 0.0146. The Morgan fingerprint density at radius 1 is 1.43 bits per heavy atom. The van der Waals surface area contributed by atoms with E-state index in [1.165, 1.54) is 17.0 Å². The van der Waals surface area contributed by atoms with E-state index < -0.39 is 4.92 Å². The summed E-state index contributed by atoms with van der Waals surface area (Å²) in [6.07, 6.45) is 2.92. The van der Waals surface area contributed by atoms with Gasteiger partial charge >= 0.3 is 0 Å². The van der Waals surface area contributed by atoms with Crippen LogP contribution in [0.4, 0.5) is 11.4 Å². The van der Waals surface area contributed by atoms with Crippen LogP contribution < -0.4 is 5.32 Å². The molecule has 1 unspecified atom stereocenters. The van der Waals surface area contributed by atoms with E-state index in [1.54, 1.807) is 11.3 Å². The van der Waals surface area contributed by atoms with E-state index in [-0.39, 0.29) is 17.5 Å². The molecule has 21 heavy (non-hydrogen) atoms. The summed E-state index contributed by atoms with van der Waals surface area (Å²) in [5, 5.41) is 23.7. The maximum atomic E-state index is 11.1. The molecule has 0 spiro atoms. The minimum atomic E-state index is -0.494. The van der Waals surface area contributed by atoms with Crippen molar-refractivity contribution in [1.29, 1.82) is 0 Å². The van der Waals surface area contributed by atoms with Gasteiger partial charge in [0, 0.05) is 4.88 Å². The highest BCUT2D eigenvalue weighted by atomic mass is 35.5. The quantitative estimate of drug-likeness (QED) is 0.495. The van der Waals surface area contributed by atoms with Gasteiger partial charge in [0.05, 0.1) is 21.4 Å². The van der Waals surface area contributed by atoms with Crippen molar-refractivity contribution in [3.8, 4) is 5.75 Å². The van der Waals surface area contributed by atoms with E-state index in [0.29, 0.717) is 5.69 Å². The zero-order chi connectivity index (χ0) is 15.0. The highest BCUT2D eigenvalue weighted by molar-refractivity contribution is 7.16. The smallest absolute Gasteiger partial charge is 0.296 e. The Morgan fingerprint density at radius 3 is 3.00 bits per heavy atom. The van der Waals surface area contributed by atoms with Gasteiger partial charge in [-0.2, -0.15) is 0 Å². The Morgan fingerprint density at radius 2 is 2.24 bits per heavy atom. The Hall–Kier alpha value is -1.79. The van der Waals surface area contributed by atoms with E-state index in [2.05, 4.69) is 5.32 Å². The van der Waals surface area contributed by atoms with E-state index in [4.69, 9.17) is 11.6 Å². The van der Waals surface area contributed by atoms with Crippen LogP contribution in [0, 0.1) is 10.1 Å². The molecule has 1 heterocycles. The van der Waals surface area contributed by atoms with Gasteiger partial charge in [-0.3, -0.25) is 10.1 Å². The zero-order valence-corrected chi connectivity index (χ0v) is 12.6. The molecule has 0 saturated heterocycles. The number of nitro benzene ring substituents is 1. The number of nitrogens with one attached hydrogen (secondary N) is 1. The van der Waals surface area contributed by atoms with E-state index in [1.807, 2.05) is 6.07 Å². The number of nitrogens with zero attached hydrogens (tertiary/aromatic N) is 1. The van der Waals surface area contributed by atoms with Crippen molar-refractivity contribution in [1.82, 2.24) is 0 Å². The number of rotatable bonds is 3. The largest absolute Gasteiger partial charge is 0.508 e. The average Bonchev–Trinajstić information content (AvgIpc) is 2.82. The molecule has 2 N–H and O–H groups in total. The third-order valence-electron chi connectivity index (χ3n) is 3.59. The van der Waals surface area contributed by atoms with Crippen molar-refractivity contribution in [3.63, 3.8) is 0 Å². The number of aromatic hydroxyl groups is 1. The molecule has 1 aromatic carbocycles. The number of benzene rings is 1. The molecule has 0 aliphatic heterocycles. The monoisotopic (exact) mass is 324 g/mol. The van der Waals surface area contributed by atoms with Crippen molar-refractivity contribution in [2.24, 2.45) is 0 Å². The molecule has 0 amide bonds. The topological polar surface area (TPSA) is 75.4 Å². The average molecular weight is 325 g/mol. The second-order valence-electron chi connectivity index (χ2n) is 4.98. The molecule has 1 aliphatic rings. The van der Waals surface area contributed by atoms with Gasteiger partial charge in [0.2, 0.25) is 0 Å². The number of aryl methyl sites for hydroxylation is 1. The fourth-order valence-electron chi connectivity index (χ4n) is 2.65. The first-order valence-corrected chi connectivity index (χ1v) is 7.76. The molecule has 0 saturated carbocycles. The first-order chi connectivity index (χ1) is 10.0. The second-order valence-corrected chi connectivity index (χ2v) is 6.74. The molecule has 0 radical (unpaired) electrons. The van der Waals surface area contributed by atoms with Crippen molar-refractivity contribution < 1.29 is 10.0 Å². The van der Waals surface area contributed by atoms with Crippen molar-refractivity contribution >= 4 is 34.3 Å². The van der Waals surface area contributed by atoms with Gasteiger partial charge < -0.3 is 10.4 Å². The molecule has 1 aliphatic carbocycles. The van der Waals surface area contributed by atoms with Crippen LogP contribution in [0.5, 0.6) is 5.75 Å². The Kier molecular flexibility index (Phi) is 3.73. The summed E-state index contributed by atoms with van der Waals surface area (Å²) in [6, 6.07) is 6.09. The van der Waals surface area contributed by atoms with Gasteiger partial charge in [-0.05, 0) is 43.0 Å². The first kappa shape index (κ1) is 14.2. The number of fused-ring (bicyclic) bond motifs is 1. The van der Waals surface area contributed by atoms with Crippen molar-refractivity contribution in [2.45, 2.75) is 25.3 Å². The third-order valence-corrected chi connectivity index (χ3v) is 4.93. The van der Waals surface area contributed by atoms with Crippen LogP contribution >= 0.6 is 22.9 Å². The number of anilines is 1. The molecule has 5 nitrogen and oxygen atoms in total. The van der Waals surface area contributed by atoms with Gasteiger partial charge in [0.1, 0.15) is 11.4 Å². The summed E-state index contributed by atoms with van der Waals surface area (Å²) in [5.74, 6) is -0.116. The predicted octanol–water partition coefficient (Wildman–Crippen LogP) is 4.50. The van der Waals surface area contributed by atoms with E-state index in [0.717, 1.165) is 35.2 Å². The Balaban J connectivity index is 1.93. The summed E-state index contributed by atoms with van der Waals surface area (Å²) in [6.45, 7) is 0. The lowest BCUT2D eigenvalue weighted by Gasteiger charge is -2.24. The SMILES string of the molecule is O=[N+]([O-])c1cc(O)ccc1NC1CCCc2sc(Cl)cc21. The summed E-state index contributed by atoms with van der Waals surface area (Å²) >= 11 is 7.64.